The summed E-state index contributed by atoms with van der Waals surface area (Å²) in [7, 11) is 3.16. The molecule has 0 radical (unpaired) electrons. The lowest BCUT2D eigenvalue weighted by Crippen LogP contribution is -2.26. The Labute approximate surface area is 116 Å². The van der Waals surface area contributed by atoms with Crippen LogP contribution in [0.2, 0.25) is 0 Å². The summed E-state index contributed by atoms with van der Waals surface area (Å²) in [6.45, 7) is 1.95. The Balaban J connectivity index is 2.28. The van der Waals surface area contributed by atoms with Gasteiger partial charge in [0.1, 0.15) is 11.0 Å². The number of hydrogen-bond donors (Lipinski definition) is 0. The van der Waals surface area contributed by atoms with Gasteiger partial charge in [0, 0.05) is 29.3 Å². The summed E-state index contributed by atoms with van der Waals surface area (Å²) >= 11 is 0. The first-order valence-corrected chi connectivity index (χ1v) is 8.08. The van der Waals surface area contributed by atoms with Gasteiger partial charge in [-0.15, -0.1) is 0 Å². The molecule has 19 heavy (non-hydrogen) atoms. The highest BCUT2D eigenvalue weighted by Crippen LogP contribution is 2.29. The lowest BCUT2D eigenvalue weighted by Gasteiger charge is -2.17. The molecule has 0 N–H and O–H groups in total. The first-order valence-electron chi connectivity index (χ1n) is 5.71. The zero-order valence-corrected chi connectivity index (χ0v) is 12.2. The molecule has 2 rings (SSSR count). The molecule has 0 spiro atoms. The maximum atomic E-state index is 11.9. The number of carbonyl (C=O) groups is 1. The fraction of sp³-hybridized carbons (Fsp3) is 0.417. The molecule has 1 aliphatic rings. The van der Waals surface area contributed by atoms with Crippen molar-refractivity contribution in [2.45, 2.75) is 18.6 Å². The van der Waals surface area contributed by atoms with Gasteiger partial charge in [-0.3, -0.25) is 4.79 Å². The molecule has 1 unspecified atom stereocenters. The topological polar surface area (TPSA) is 63.7 Å². The number of nitrogens with zero attached hydrogens (tertiary/aromatic N) is 1. The Morgan fingerprint density at radius 1 is 1.42 bits per heavy atom. The van der Waals surface area contributed by atoms with Crippen molar-refractivity contribution in [2.24, 2.45) is 0 Å². The molecule has 5 nitrogen and oxygen atoms in total. The van der Waals surface area contributed by atoms with Crippen LogP contribution in [0.25, 0.3) is 0 Å². The van der Waals surface area contributed by atoms with E-state index in [4.69, 9.17) is 15.4 Å². The van der Waals surface area contributed by atoms with Crippen molar-refractivity contribution in [3.8, 4) is 5.75 Å². The highest BCUT2D eigenvalue weighted by molar-refractivity contribution is 8.14. The molecule has 7 heteroatoms. The first-order chi connectivity index (χ1) is 8.82. The second kappa shape index (κ2) is 5.02. The van der Waals surface area contributed by atoms with E-state index in [0.717, 1.165) is 11.3 Å². The third kappa shape index (κ3) is 2.84. The normalized spacial score (nSPS) is 19.8. The number of aryl methyl sites for hydroxylation is 1. The Kier molecular flexibility index (Phi) is 3.73. The molecule has 1 fully saturated rings. The zero-order valence-electron chi connectivity index (χ0n) is 10.6. The molecule has 1 aliphatic heterocycles. The van der Waals surface area contributed by atoms with Crippen molar-refractivity contribution < 1.29 is 17.9 Å². The number of ether oxygens (including phenoxy) is 1. The Bertz CT molecular complexity index is 614. The van der Waals surface area contributed by atoms with Crippen LogP contribution in [-0.2, 0) is 13.8 Å². The van der Waals surface area contributed by atoms with Crippen molar-refractivity contribution in [3.63, 3.8) is 0 Å². The van der Waals surface area contributed by atoms with E-state index in [9.17, 15) is 13.2 Å². The summed E-state index contributed by atoms with van der Waals surface area (Å²) in [6.07, 6.45) is -0.0725. The van der Waals surface area contributed by atoms with Gasteiger partial charge >= 0.3 is 0 Å². The number of benzene rings is 1. The third-order valence-corrected chi connectivity index (χ3v) is 5.05. The summed E-state index contributed by atoms with van der Waals surface area (Å²) < 4.78 is 27.7. The van der Waals surface area contributed by atoms with Crippen LogP contribution >= 0.6 is 10.7 Å². The minimum atomic E-state index is -3.71. The van der Waals surface area contributed by atoms with Crippen molar-refractivity contribution in [1.82, 2.24) is 0 Å². The minimum absolute atomic E-state index is 0.0725. The van der Waals surface area contributed by atoms with E-state index in [1.807, 2.05) is 6.92 Å². The van der Waals surface area contributed by atoms with Crippen molar-refractivity contribution >= 4 is 31.3 Å². The van der Waals surface area contributed by atoms with Crippen LogP contribution in [0.15, 0.2) is 18.2 Å². The average Bonchev–Trinajstić information content (AvgIpc) is 2.71. The fourth-order valence-corrected chi connectivity index (χ4v) is 3.17. The van der Waals surface area contributed by atoms with Crippen LogP contribution in [0.4, 0.5) is 5.69 Å². The molecule has 0 bridgehead atoms. The van der Waals surface area contributed by atoms with E-state index in [-0.39, 0.29) is 18.9 Å². The molecular formula is C12H14ClNO4S. The van der Waals surface area contributed by atoms with Crippen LogP contribution in [-0.4, -0.2) is 33.2 Å². The van der Waals surface area contributed by atoms with Gasteiger partial charge in [-0.25, -0.2) is 8.42 Å². The Morgan fingerprint density at radius 3 is 2.58 bits per heavy atom. The summed E-state index contributed by atoms with van der Waals surface area (Å²) in [4.78, 5) is 13.3. The van der Waals surface area contributed by atoms with Gasteiger partial charge in [0.25, 0.3) is 0 Å². The second-order valence-electron chi connectivity index (χ2n) is 4.46. The van der Waals surface area contributed by atoms with Crippen LogP contribution < -0.4 is 9.64 Å². The summed E-state index contributed by atoms with van der Waals surface area (Å²) in [6, 6.07) is 5.27. The maximum Gasteiger partial charge on any atom is 0.237 e. The maximum absolute atomic E-state index is 11.9. The highest BCUT2D eigenvalue weighted by Gasteiger charge is 2.38. The minimum Gasteiger partial charge on any atom is -0.496 e. The number of carbonyl (C=O) groups excluding carboxylic acids is 1. The van der Waals surface area contributed by atoms with E-state index in [2.05, 4.69) is 0 Å². The molecule has 1 aromatic rings. The van der Waals surface area contributed by atoms with E-state index in [1.54, 1.807) is 25.3 Å². The van der Waals surface area contributed by atoms with Crippen LogP contribution in [0.1, 0.15) is 12.0 Å². The molecule has 104 valence electrons. The van der Waals surface area contributed by atoms with Gasteiger partial charge in [-0.05, 0) is 30.7 Å². The molecule has 1 amide bonds. The second-order valence-corrected chi connectivity index (χ2v) is 7.37. The van der Waals surface area contributed by atoms with Crippen LogP contribution in [0.3, 0.4) is 0 Å². The monoisotopic (exact) mass is 303 g/mol. The lowest BCUT2D eigenvalue weighted by atomic mass is 10.2. The third-order valence-electron chi connectivity index (χ3n) is 3.18. The van der Waals surface area contributed by atoms with E-state index in [0.29, 0.717) is 5.69 Å². The number of halogens is 1. The molecule has 0 aliphatic carbocycles. The molecule has 1 aromatic carbocycles. The summed E-state index contributed by atoms with van der Waals surface area (Å²) in [5.41, 5.74) is 1.54. The highest BCUT2D eigenvalue weighted by atomic mass is 35.7. The molecule has 1 saturated heterocycles. The smallest absolute Gasteiger partial charge is 0.237 e. The Hall–Kier alpha value is -1.27. The zero-order chi connectivity index (χ0) is 14.2. The molecule has 1 heterocycles. The van der Waals surface area contributed by atoms with Crippen LogP contribution in [0.5, 0.6) is 5.75 Å². The average molecular weight is 304 g/mol. The predicted molar refractivity (Wildman–Crippen MR) is 73.3 cm³/mol. The van der Waals surface area contributed by atoms with Gasteiger partial charge in [-0.2, -0.15) is 0 Å². The summed E-state index contributed by atoms with van der Waals surface area (Å²) in [5, 5.41) is -0.843. The van der Waals surface area contributed by atoms with E-state index in [1.165, 1.54) is 4.90 Å². The van der Waals surface area contributed by atoms with Crippen LogP contribution in [0, 0.1) is 6.92 Å². The van der Waals surface area contributed by atoms with Crippen molar-refractivity contribution in [3.05, 3.63) is 23.8 Å². The molecule has 1 atom stereocenters. The predicted octanol–water partition coefficient (Wildman–Crippen LogP) is 1.68. The number of amides is 1. The SMILES string of the molecule is COc1ccc(N2CC(S(=O)(=O)Cl)CC2=O)cc1C. The molecule has 0 aromatic heterocycles. The number of hydrogen-bond acceptors (Lipinski definition) is 4. The summed E-state index contributed by atoms with van der Waals surface area (Å²) in [5.74, 6) is 0.482. The Morgan fingerprint density at radius 2 is 2.11 bits per heavy atom. The quantitative estimate of drug-likeness (QED) is 0.797. The van der Waals surface area contributed by atoms with Crippen molar-refractivity contribution in [1.29, 1.82) is 0 Å². The van der Waals surface area contributed by atoms with E-state index >= 15 is 0 Å². The molecule has 0 saturated carbocycles. The van der Waals surface area contributed by atoms with Gasteiger partial charge in [-0.1, -0.05) is 0 Å². The van der Waals surface area contributed by atoms with Gasteiger partial charge < -0.3 is 9.64 Å². The van der Waals surface area contributed by atoms with Gasteiger partial charge in [0.15, 0.2) is 0 Å². The number of methoxy groups -OCH3 is 1. The molecular weight excluding hydrogens is 290 g/mol. The van der Waals surface area contributed by atoms with E-state index < -0.39 is 14.3 Å². The number of anilines is 1. The fourth-order valence-electron chi connectivity index (χ4n) is 2.14. The standard InChI is InChI=1S/C12H14ClNO4S/c1-8-5-9(3-4-11(8)18-2)14-7-10(6-12(14)15)19(13,16)17/h3-5,10H,6-7H2,1-2H3. The van der Waals surface area contributed by atoms with Crippen molar-refractivity contribution in [2.75, 3.05) is 18.6 Å². The van der Waals surface area contributed by atoms with Gasteiger partial charge in [0.2, 0.25) is 15.0 Å². The lowest BCUT2D eigenvalue weighted by molar-refractivity contribution is -0.117. The number of rotatable bonds is 3. The largest absolute Gasteiger partial charge is 0.496 e. The van der Waals surface area contributed by atoms with Gasteiger partial charge in [0.05, 0.1) is 7.11 Å². The first kappa shape index (κ1) is 14.1.